The van der Waals surface area contributed by atoms with Gasteiger partial charge in [0.25, 0.3) is 11.8 Å². The standard InChI is InChI=1S/C17H24N4O3/c1-12-4-6-14(7-5-12)19-16(23)10-20(3)17(24)13(2)21-9-8-18-15(22)11-21/h4-7,13H,8-11H2,1-3H3,(H,18,22)(H,19,23)/p+1/t13-/m0/s1. The van der Waals surface area contributed by atoms with Crippen LogP contribution < -0.4 is 15.5 Å². The summed E-state index contributed by atoms with van der Waals surface area (Å²) in [5.74, 6) is -0.428. The summed E-state index contributed by atoms with van der Waals surface area (Å²) < 4.78 is 0. The van der Waals surface area contributed by atoms with Gasteiger partial charge in [-0.3, -0.25) is 14.4 Å². The summed E-state index contributed by atoms with van der Waals surface area (Å²) in [4.78, 5) is 38.4. The Kier molecular flexibility index (Phi) is 5.92. The molecular formula is C17H25N4O3+. The number of rotatable bonds is 5. The van der Waals surface area contributed by atoms with Crippen LogP contribution in [-0.2, 0) is 14.4 Å². The number of piperazine rings is 1. The van der Waals surface area contributed by atoms with Gasteiger partial charge in [0.1, 0.15) is 0 Å². The van der Waals surface area contributed by atoms with Gasteiger partial charge in [0.15, 0.2) is 12.6 Å². The second-order valence-electron chi connectivity index (χ2n) is 6.27. The maximum absolute atomic E-state index is 12.5. The molecule has 2 rings (SSSR count). The lowest BCUT2D eigenvalue weighted by Gasteiger charge is -2.30. The Morgan fingerprint density at radius 2 is 2.00 bits per heavy atom. The van der Waals surface area contributed by atoms with Crippen LogP contribution in [0.3, 0.4) is 0 Å². The Morgan fingerprint density at radius 1 is 1.33 bits per heavy atom. The second-order valence-corrected chi connectivity index (χ2v) is 6.27. The molecule has 0 aromatic heterocycles. The highest BCUT2D eigenvalue weighted by Gasteiger charge is 2.32. The van der Waals surface area contributed by atoms with Gasteiger partial charge in [-0.15, -0.1) is 0 Å². The van der Waals surface area contributed by atoms with Gasteiger partial charge in [-0.2, -0.15) is 0 Å². The predicted octanol–water partition coefficient (Wildman–Crippen LogP) is -1.20. The van der Waals surface area contributed by atoms with Crippen molar-refractivity contribution < 1.29 is 19.3 Å². The molecule has 0 bridgehead atoms. The number of nitrogens with one attached hydrogen (secondary N) is 3. The average molecular weight is 333 g/mol. The van der Waals surface area contributed by atoms with E-state index >= 15 is 0 Å². The van der Waals surface area contributed by atoms with Crippen molar-refractivity contribution in [1.82, 2.24) is 10.2 Å². The molecule has 1 fully saturated rings. The zero-order valence-electron chi connectivity index (χ0n) is 14.4. The Morgan fingerprint density at radius 3 is 2.62 bits per heavy atom. The molecule has 3 N–H and O–H groups in total. The molecule has 1 aliphatic rings. The van der Waals surface area contributed by atoms with Crippen LogP contribution in [0, 0.1) is 6.92 Å². The van der Waals surface area contributed by atoms with E-state index in [-0.39, 0.29) is 36.9 Å². The van der Waals surface area contributed by atoms with Gasteiger partial charge in [-0.25, -0.2) is 0 Å². The van der Waals surface area contributed by atoms with Crippen LogP contribution in [0.4, 0.5) is 5.69 Å². The lowest BCUT2D eigenvalue weighted by atomic mass is 10.2. The largest absolute Gasteiger partial charge is 0.346 e. The van der Waals surface area contributed by atoms with Crippen molar-refractivity contribution in [2.45, 2.75) is 19.9 Å². The maximum Gasteiger partial charge on any atom is 0.280 e. The minimum Gasteiger partial charge on any atom is -0.346 e. The first-order chi connectivity index (χ1) is 11.4. The molecule has 7 nitrogen and oxygen atoms in total. The van der Waals surface area contributed by atoms with E-state index in [1.807, 2.05) is 31.2 Å². The van der Waals surface area contributed by atoms with Gasteiger partial charge in [-0.1, -0.05) is 17.7 Å². The molecule has 7 heteroatoms. The fourth-order valence-corrected chi connectivity index (χ4v) is 2.73. The molecule has 1 saturated heterocycles. The molecule has 0 saturated carbocycles. The third kappa shape index (κ3) is 4.79. The van der Waals surface area contributed by atoms with E-state index in [2.05, 4.69) is 10.6 Å². The van der Waals surface area contributed by atoms with E-state index in [0.717, 1.165) is 10.5 Å². The molecular weight excluding hydrogens is 308 g/mol. The van der Waals surface area contributed by atoms with Gasteiger partial charge >= 0.3 is 0 Å². The highest BCUT2D eigenvalue weighted by atomic mass is 16.2. The monoisotopic (exact) mass is 333 g/mol. The summed E-state index contributed by atoms with van der Waals surface area (Å²) in [5, 5.41) is 5.53. The van der Waals surface area contributed by atoms with Crippen molar-refractivity contribution in [1.29, 1.82) is 0 Å². The Labute approximate surface area is 142 Å². The maximum atomic E-state index is 12.5. The molecule has 1 heterocycles. The van der Waals surface area contributed by atoms with Crippen LogP contribution in [0.25, 0.3) is 0 Å². The van der Waals surface area contributed by atoms with Crippen LogP contribution in [-0.4, -0.2) is 61.9 Å². The Balaban J connectivity index is 1.86. The number of quaternary nitrogens is 1. The number of aryl methyl sites for hydroxylation is 1. The summed E-state index contributed by atoms with van der Waals surface area (Å²) in [7, 11) is 1.61. The zero-order valence-corrected chi connectivity index (χ0v) is 14.4. The highest BCUT2D eigenvalue weighted by Crippen LogP contribution is 2.08. The SMILES string of the molecule is Cc1ccc(NC(=O)CN(C)C(=O)[C@H](C)[NH+]2CCNC(=O)C2)cc1. The number of likely N-dealkylation sites (N-methyl/N-ethyl adjacent to an activating group) is 1. The van der Waals surface area contributed by atoms with Crippen LogP contribution >= 0.6 is 0 Å². The highest BCUT2D eigenvalue weighted by molar-refractivity contribution is 5.95. The number of benzene rings is 1. The summed E-state index contributed by atoms with van der Waals surface area (Å²) in [6.07, 6.45) is 0. The van der Waals surface area contributed by atoms with Crippen molar-refractivity contribution in [2.24, 2.45) is 0 Å². The first-order valence-electron chi connectivity index (χ1n) is 8.09. The number of amides is 3. The Hall–Kier alpha value is -2.41. The summed E-state index contributed by atoms with van der Waals surface area (Å²) >= 11 is 0. The fourth-order valence-electron chi connectivity index (χ4n) is 2.73. The van der Waals surface area contributed by atoms with E-state index in [1.54, 1.807) is 14.0 Å². The molecule has 1 aromatic rings. The number of carbonyl (C=O) groups is 3. The fraction of sp³-hybridized carbons (Fsp3) is 0.471. The molecule has 1 aliphatic heterocycles. The van der Waals surface area contributed by atoms with Crippen molar-refractivity contribution in [3.05, 3.63) is 29.8 Å². The molecule has 2 atom stereocenters. The zero-order chi connectivity index (χ0) is 17.7. The molecule has 0 aliphatic carbocycles. The van der Waals surface area contributed by atoms with E-state index in [4.69, 9.17) is 0 Å². The van der Waals surface area contributed by atoms with Crippen LogP contribution in [0.15, 0.2) is 24.3 Å². The molecule has 3 amide bonds. The number of carbonyl (C=O) groups excluding carboxylic acids is 3. The van der Waals surface area contributed by atoms with Crippen LogP contribution in [0.1, 0.15) is 12.5 Å². The molecule has 0 spiro atoms. The molecule has 1 unspecified atom stereocenters. The second kappa shape index (κ2) is 7.92. The summed E-state index contributed by atoms with van der Waals surface area (Å²) in [6, 6.07) is 7.13. The van der Waals surface area contributed by atoms with Crippen molar-refractivity contribution in [3.63, 3.8) is 0 Å². The molecule has 0 radical (unpaired) electrons. The summed E-state index contributed by atoms with van der Waals surface area (Å²) in [6.45, 7) is 5.32. The van der Waals surface area contributed by atoms with Crippen LogP contribution in [0.2, 0.25) is 0 Å². The minimum atomic E-state index is -0.353. The summed E-state index contributed by atoms with van der Waals surface area (Å²) in [5.41, 5.74) is 1.82. The predicted molar refractivity (Wildman–Crippen MR) is 90.6 cm³/mol. The Bertz CT molecular complexity index is 615. The van der Waals surface area contributed by atoms with Crippen LogP contribution in [0.5, 0.6) is 0 Å². The lowest BCUT2D eigenvalue weighted by Crippen LogP contribution is -3.19. The molecule has 1 aromatic carbocycles. The lowest BCUT2D eigenvalue weighted by molar-refractivity contribution is -0.908. The third-order valence-electron chi connectivity index (χ3n) is 4.23. The molecule has 24 heavy (non-hydrogen) atoms. The third-order valence-corrected chi connectivity index (χ3v) is 4.23. The van der Waals surface area contributed by atoms with E-state index < -0.39 is 0 Å². The van der Waals surface area contributed by atoms with E-state index in [9.17, 15) is 14.4 Å². The quantitative estimate of drug-likeness (QED) is 0.633. The van der Waals surface area contributed by atoms with E-state index in [1.165, 1.54) is 4.90 Å². The smallest absolute Gasteiger partial charge is 0.280 e. The normalized spacial score (nSPS) is 18.5. The van der Waals surface area contributed by atoms with Gasteiger partial charge in [0.2, 0.25) is 5.91 Å². The van der Waals surface area contributed by atoms with E-state index in [0.29, 0.717) is 18.8 Å². The first kappa shape index (κ1) is 17.9. The number of anilines is 1. The van der Waals surface area contributed by atoms with Gasteiger partial charge < -0.3 is 20.4 Å². The molecule has 130 valence electrons. The van der Waals surface area contributed by atoms with Crippen molar-refractivity contribution >= 4 is 23.4 Å². The first-order valence-corrected chi connectivity index (χ1v) is 8.09. The minimum absolute atomic E-state index is 0.0173. The number of nitrogens with zero attached hydrogens (tertiary/aromatic N) is 1. The number of hydrogen-bond acceptors (Lipinski definition) is 3. The van der Waals surface area contributed by atoms with Crippen molar-refractivity contribution in [3.8, 4) is 0 Å². The van der Waals surface area contributed by atoms with Crippen molar-refractivity contribution in [2.75, 3.05) is 38.5 Å². The topological polar surface area (TPSA) is 82.9 Å². The number of hydrogen-bond donors (Lipinski definition) is 3. The average Bonchev–Trinajstić information content (AvgIpc) is 2.55. The van der Waals surface area contributed by atoms with Gasteiger partial charge in [0.05, 0.1) is 19.6 Å². The van der Waals surface area contributed by atoms with Gasteiger partial charge in [-0.05, 0) is 26.0 Å². The van der Waals surface area contributed by atoms with Gasteiger partial charge in [0, 0.05) is 12.7 Å².